The fourth-order valence-electron chi connectivity index (χ4n) is 2.18. The lowest BCUT2D eigenvalue weighted by Gasteiger charge is -2.31. The minimum absolute atomic E-state index is 0.00678. The molecule has 5 nitrogen and oxygen atoms in total. The second kappa shape index (κ2) is 6.17. The average Bonchev–Trinajstić information content (AvgIpc) is 2.39. The molecule has 1 saturated heterocycles. The number of hydrogen-bond acceptors (Lipinski definition) is 4. The number of sulfonamides is 1. The van der Waals surface area contributed by atoms with Crippen molar-refractivity contribution >= 4 is 27.2 Å². The van der Waals surface area contributed by atoms with Gasteiger partial charge in [-0.1, -0.05) is 30.4 Å². The maximum atomic E-state index is 12.4. The van der Waals surface area contributed by atoms with E-state index in [2.05, 4.69) is 4.90 Å². The lowest BCUT2D eigenvalue weighted by molar-refractivity contribution is 0.222. The second-order valence-corrected chi connectivity index (χ2v) is 7.43. The number of benzene rings is 1. The predicted molar refractivity (Wildman–Crippen MR) is 84.0 cm³/mol. The Labute approximate surface area is 125 Å². The second-order valence-electron chi connectivity index (χ2n) is 5.02. The van der Waals surface area contributed by atoms with Crippen molar-refractivity contribution in [1.82, 2.24) is 9.21 Å². The van der Waals surface area contributed by atoms with Crippen molar-refractivity contribution in [3.63, 3.8) is 0 Å². The highest BCUT2D eigenvalue weighted by molar-refractivity contribution is 7.88. The molecule has 0 spiro atoms. The van der Waals surface area contributed by atoms with E-state index in [1.807, 2.05) is 7.05 Å². The molecule has 110 valence electrons. The first-order valence-corrected chi connectivity index (χ1v) is 8.45. The van der Waals surface area contributed by atoms with Gasteiger partial charge in [0.1, 0.15) is 4.99 Å². The molecule has 2 N–H and O–H groups in total. The third-order valence-electron chi connectivity index (χ3n) is 3.42. The summed E-state index contributed by atoms with van der Waals surface area (Å²) in [6, 6.07) is 7.10. The molecule has 7 heteroatoms. The summed E-state index contributed by atoms with van der Waals surface area (Å²) in [7, 11) is -1.28. The lowest BCUT2D eigenvalue weighted by Crippen LogP contribution is -2.47. The van der Waals surface area contributed by atoms with Crippen molar-refractivity contribution in [3.05, 3.63) is 35.4 Å². The van der Waals surface area contributed by atoms with Crippen LogP contribution in [0.25, 0.3) is 0 Å². The van der Waals surface area contributed by atoms with Gasteiger partial charge in [-0.05, 0) is 18.7 Å². The van der Waals surface area contributed by atoms with Crippen LogP contribution in [0.3, 0.4) is 0 Å². The van der Waals surface area contributed by atoms with Gasteiger partial charge < -0.3 is 10.6 Å². The third kappa shape index (κ3) is 3.76. The standard InChI is InChI=1S/C13H19N3O2S2/c1-15-5-7-16(8-6-15)20(17,18)10-11-3-2-4-12(9-11)13(14)19/h2-4,9H,5-8,10H2,1H3,(H2,14,19). The maximum absolute atomic E-state index is 12.4. The normalized spacial score (nSPS) is 18.1. The van der Waals surface area contributed by atoms with Gasteiger partial charge in [0.2, 0.25) is 10.0 Å². The van der Waals surface area contributed by atoms with E-state index in [0.29, 0.717) is 24.2 Å². The zero-order valence-corrected chi connectivity index (χ0v) is 13.1. The van der Waals surface area contributed by atoms with Gasteiger partial charge in [-0.3, -0.25) is 0 Å². The van der Waals surface area contributed by atoms with E-state index in [4.69, 9.17) is 18.0 Å². The lowest BCUT2D eigenvalue weighted by atomic mass is 10.1. The monoisotopic (exact) mass is 313 g/mol. The van der Waals surface area contributed by atoms with Gasteiger partial charge >= 0.3 is 0 Å². The van der Waals surface area contributed by atoms with E-state index >= 15 is 0 Å². The highest BCUT2D eigenvalue weighted by Gasteiger charge is 2.25. The zero-order chi connectivity index (χ0) is 14.8. The van der Waals surface area contributed by atoms with Crippen molar-refractivity contribution in [3.8, 4) is 0 Å². The number of rotatable bonds is 4. The van der Waals surface area contributed by atoms with E-state index in [0.717, 1.165) is 13.1 Å². The molecule has 1 aliphatic rings. The van der Waals surface area contributed by atoms with Gasteiger partial charge in [-0.25, -0.2) is 8.42 Å². The Morgan fingerprint density at radius 1 is 1.30 bits per heavy atom. The molecule has 0 aliphatic carbocycles. The summed E-state index contributed by atoms with van der Waals surface area (Å²) in [6.45, 7) is 2.64. The number of likely N-dealkylation sites (N-methyl/N-ethyl adjacent to an activating group) is 1. The van der Waals surface area contributed by atoms with Crippen LogP contribution in [0.5, 0.6) is 0 Å². The molecule has 1 aromatic rings. The van der Waals surface area contributed by atoms with Crippen molar-refractivity contribution in [2.45, 2.75) is 5.75 Å². The first kappa shape index (κ1) is 15.4. The number of nitrogens with zero attached hydrogens (tertiary/aromatic N) is 2. The number of hydrogen-bond donors (Lipinski definition) is 1. The van der Waals surface area contributed by atoms with Crippen molar-refractivity contribution < 1.29 is 8.42 Å². The smallest absolute Gasteiger partial charge is 0.218 e. The molecule has 0 bridgehead atoms. The molecule has 0 unspecified atom stereocenters. The Hall–Kier alpha value is -1.02. The minimum atomic E-state index is -3.28. The highest BCUT2D eigenvalue weighted by atomic mass is 32.2. The molecule has 0 aromatic heterocycles. The molecule has 0 atom stereocenters. The Bertz CT molecular complexity index is 593. The quantitative estimate of drug-likeness (QED) is 0.815. The van der Waals surface area contributed by atoms with E-state index in [1.165, 1.54) is 0 Å². The van der Waals surface area contributed by atoms with Crippen LogP contribution in [0.2, 0.25) is 0 Å². The molecule has 20 heavy (non-hydrogen) atoms. The molecular weight excluding hydrogens is 294 g/mol. The SMILES string of the molecule is CN1CCN(S(=O)(=O)Cc2cccc(C(N)=S)c2)CC1. The van der Waals surface area contributed by atoms with Crippen molar-refractivity contribution in [2.75, 3.05) is 33.2 Å². The number of thiocarbonyl (C=S) groups is 1. The molecule has 2 rings (SSSR count). The first-order chi connectivity index (χ1) is 9.38. The Kier molecular flexibility index (Phi) is 4.74. The average molecular weight is 313 g/mol. The minimum Gasteiger partial charge on any atom is -0.389 e. The van der Waals surface area contributed by atoms with E-state index in [-0.39, 0.29) is 10.7 Å². The maximum Gasteiger partial charge on any atom is 0.218 e. The van der Waals surface area contributed by atoms with Crippen LogP contribution in [0.4, 0.5) is 0 Å². The zero-order valence-electron chi connectivity index (χ0n) is 11.4. The number of piperazine rings is 1. The summed E-state index contributed by atoms with van der Waals surface area (Å²) in [4.78, 5) is 2.41. The highest BCUT2D eigenvalue weighted by Crippen LogP contribution is 2.14. The topological polar surface area (TPSA) is 66.6 Å². The summed E-state index contributed by atoms with van der Waals surface area (Å²) in [5.74, 6) is -0.00678. The fraction of sp³-hybridized carbons (Fsp3) is 0.462. The molecule has 0 saturated carbocycles. The molecule has 1 heterocycles. The first-order valence-electron chi connectivity index (χ1n) is 6.43. The van der Waals surface area contributed by atoms with E-state index < -0.39 is 10.0 Å². The van der Waals surface area contributed by atoms with Crippen LogP contribution >= 0.6 is 12.2 Å². The van der Waals surface area contributed by atoms with Crippen molar-refractivity contribution in [1.29, 1.82) is 0 Å². The Balaban J connectivity index is 2.12. The summed E-state index contributed by atoms with van der Waals surface area (Å²) >= 11 is 4.91. The van der Waals surface area contributed by atoms with Gasteiger partial charge in [0.15, 0.2) is 0 Å². The molecule has 1 aromatic carbocycles. The van der Waals surface area contributed by atoms with Gasteiger partial charge in [0.05, 0.1) is 5.75 Å². The van der Waals surface area contributed by atoms with E-state index in [9.17, 15) is 8.42 Å². The van der Waals surface area contributed by atoms with Gasteiger partial charge in [-0.2, -0.15) is 4.31 Å². The predicted octanol–water partition coefficient (Wildman–Crippen LogP) is 0.398. The molecule has 0 radical (unpaired) electrons. The molecule has 0 amide bonds. The van der Waals surface area contributed by atoms with Crippen LogP contribution in [0, 0.1) is 0 Å². The Morgan fingerprint density at radius 2 is 1.95 bits per heavy atom. The van der Waals surface area contributed by atoms with Crippen LogP contribution in [0.1, 0.15) is 11.1 Å². The van der Waals surface area contributed by atoms with Crippen LogP contribution in [-0.2, 0) is 15.8 Å². The summed E-state index contributed by atoms with van der Waals surface area (Å²) in [6.07, 6.45) is 0. The van der Waals surface area contributed by atoms with Crippen LogP contribution in [0.15, 0.2) is 24.3 Å². The summed E-state index contributed by atoms with van der Waals surface area (Å²) in [5, 5.41) is 0. The van der Waals surface area contributed by atoms with Crippen LogP contribution in [-0.4, -0.2) is 55.8 Å². The fourth-order valence-corrected chi connectivity index (χ4v) is 3.81. The molecular formula is C13H19N3O2S2. The van der Waals surface area contributed by atoms with E-state index in [1.54, 1.807) is 28.6 Å². The number of nitrogens with two attached hydrogens (primary N) is 1. The van der Waals surface area contributed by atoms with Crippen molar-refractivity contribution in [2.24, 2.45) is 5.73 Å². The van der Waals surface area contributed by atoms with Gasteiger partial charge in [0.25, 0.3) is 0 Å². The van der Waals surface area contributed by atoms with Crippen LogP contribution < -0.4 is 5.73 Å². The third-order valence-corrected chi connectivity index (χ3v) is 5.50. The summed E-state index contributed by atoms with van der Waals surface area (Å²) < 4.78 is 26.3. The Morgan fingerprint density at radius 3 is 2.55 bits per heavy atom. The molecule has 1 fully saturated rings. The van der Waals surface area contributed by atoms with Gasteiger partial charge in [-0.15, -0.1) is 0 Å². The summed E-state index contributed by atoms with van der Waals surface area (Å²) in [5.41, 5.74) is 6.99. The molecule has 1 aliphatic heterocycles. The van der Waals surface area contributed by atoms with Gasteiger partial charge in [0, 0.05) is 31.7 Å². The largest absolute Gasteiger partial charge is 0.389 e.